The molecule has 0 bridgehead atoms. The van der Waals surface area contributed by atoms with Gasteiger partial charge in [-0.25, -0.2) is 4.79 Å². The monoisotopic (exact) mass is 541 g/mol. The van der Waals surface area contributed by atoms with Crippen LogP contribution in [-0.2, 0) is 17.5 Å². The first kappa shape index (κ1) is 26.0. The van der Waals surface area contributed by atoms with Crippen molar-refractivity contribution < 1.29 is 27.5 Å². The Balaban J connectivity index is 1.69. The molecule has 0 radical (unpaired) electrons. The molecule has 0 unspecified atom stereocenters. The summed E-state index contributed by atoms with van der Waals surface area (Å²) in [5.41, 5.74) is -0.979. The lowest BCUT2D eigenvalue weighted by Crippen LogP contribution is -2.49. The van der Waals surface area contributed by atoms with E-state index in [1.807, 2.05) is 4.90 Å². The summed E-state index contributed by atoms with van der Waals surface area (Å²) < 4.78 is 47.6. The van der Waals surface area contributed by atoms with Gasteiger partial charge in [0.15, 0.2) is 0 Å². The molecule has 1 aliphatic rings. The summed E-state index contributed by atoms with van der Waals surface area (Å²) in [6, 6.07) is 10.4. The first-order chi connectivity index (χ1) is 15.8. The Hall–Kier alpha value is -2.59. The molecule has 0 atom stereocenters. The van der Waals surface area contributed by atoms with Crippen LogP contribution in [0.5, 0.6) is 0 Å². The Kier molecular flexibility index (Phi) is 7.92. The molecule has 2 aromatic carbocycles. The number of anilines is 1. The highest BCUT2D eigenvalue weighted by molar-refractivity contribution is 9.10. The average molecular weight is 542 g/mol. The quantitative estimate of drug-likeness (QED) is 0.533. The van der Waals surface area contributed by atoms with Crippen LogP contribution >= 0.6 is 15.9 Å². The van der Waals surface area contributed by atoms with Crippen molar-refractivity contribution in [1.29, 1.82) is 0 Å². The Morgan fingerprint density at radius 3 is 2.29 bits per heavy atom. The van der Waals surface area contributed by atoms with Gasteiger partial charge >= 0.3 is 12.3 Å². The van der Waals surface area contributed by atoms with Crippen molar-refractivity contribution in [2.24, 2.45) is 0 Å². The standard InChI is InChI=1S/C24H27BrF3N3O3/c1-23(2,3)34-22(33)31-11-9-30(10-12-31)15-17-8-7-16(13-20(17)24(26,27)28)21(32)29-19-6-4-5-18(25)14-19/h4-8,13-14H,9-12,15H2,1-3H3,(H,29,32). The second-order valence-electron chi connectivity index (χ2n) is 9.08. The van der Waals surface area contributed by atoms with E-state index in [0.29, 0.717) is 31.9 Å². The van der Waals surface area contributed by atoms with Crippen molar-refractivity contribution in [2.75, 3.05) is 31.5 Å². The van der Waals surface area contributed by atoms with E-state index >= 15 is 0 Å². The van der Waals surface area contributed by atoms with E-state index in [4.69, 9.17) is 4.74 Å². The second kappa shape index (κ2) is 10.4. The number of carbonyl (C=O) groups excluding carboxylic acids is 2. The molecule has 1 fully saturated rings. The van der Waals surface area contributed by atoms with Crippen LogP contribution in [0.15, 0.2) is 46.9 Å². The number of rotatable bonds is 4. The maximum absolute atomic E-state index is 13.8. The number of hydrogen-bond donors (Lipinski definition) is 1. The van der Waals surface area contributed by atoms with Gasteiger partial charge in [0, 0.05) is 48.4 Å². The summed E-state index contributed by atoms with van der Waals surface area (Å²) in [5.74, 6) is -0.624. The first-order valence-electron chi connectivity index (χ1n) is 10.8. The largest absolute Gasteiger partial charge is 0.444 e. The van der Waals surface area contributed by atoms with Crippen molar-refractivity contribution in [1.82, 2.24) is 9.80 Å². The first-order valence-corrected chi connectivity index (χ1v) is 11.6. The summed E-state index contributed by atoms with van der Waals surface area (Å²) >= 11 is 3.29. The number of piperazine rings is 1. The third-order valence-electron chi connectivity index (χ3n) is 5.18. The lowest BCUT2D eigenvalue weighted by Gasteiger charge is -2.36. The minimum absolute atomic E-state index is 0.0601. The normalized spacial score (nSPS) is 15.2. The summed E-state index contributed by atoms with van der Waals surface area (Å²) in [6.07, 6.45) is -5.04. The van der Waals surface area contributed by atoms with Crippen molar-refractivity contribution in [2.45, 2.75) is 39.1 Å². The fourth-order valence-electron chi connectivity index (χ4n) is 3.54. The van der Waals surface area contributed by atoms with Crippen molar-refractivity contribution in [3.05, 3.63) is 63.6 Å². The maximum atomic E-state index is 13.8. The van der Waals surface area contributed by atoms with Gasteiger partial charge in [-0.15, -0.1) is 0 Å². The second-order valence-corrected chi connectivity index (χ2v) is 9.99. The van der Waals surface area contributed by atoms with E-state index in [2.05, 4.69) is 21.2 Å². The molecule has 1 saturated heterocycles. The van der Waals surface area contributed by atoms with Gasteiger partial charge in [0.1, 0.15) is 5.60 Å². The smallest absolute Gasteiger partial charge is 0.416 e. The minimum atomic E-state index is -4.61. The highest BCUT2D eigenvalue weighted by atomic mass is 79.9. The molecule has 6 nitrogen and oxygen atoms in total. The average Bonchev–Trinajstić information content (AvgIpc) is 2.72. The van der Waals surface area contributed by atoms with E-state index in [-0.39, 0.29) is 17.7 Å². The highest BCUT2D eigenvalue weighted by Crippen LogP contribution is 2.34. The predicted octanol–water partition coefficient (Wildman–Crippen LogP) is 5.77. The van der Waals surface area contributed by atoms with Crippen molar-refractivity contribution in [3.8, 4) is 0 Å². The van der Waals surface area contributed by atoms with Gasteiger partial charge in [-0.3, -0.25) is 9.69 Å². The van der Waals surface area contributed by atoms with Gasteiger partial charge in [-0.05, 0) is 56.7 Å². The van der Waals surface area contributed by atoms with E-state index in [1.165, 1.54) is 12.1 Å². The minimum Gasteiger partial charge on any atom is -0.444 e. The van der Waals surface area contributed by atoms with Crippen LogP contribution in [0.25, 0.3) is 0 Å². The van der Waals surface area contributed by atoms with Crippen LogP contribution in [0, 0.1) is 0 Å². The summed E-state index contributed by atoms with van der Waals surface area (Å²) in [4.78, 5) is 28.2. The number of nitrogens with one attached hydrogen (secondary N) is 1. The zero-order valence-electron chi connectivity index (χ0n) is 19.2. The van der Waals surface area contributed by atoms with Crippen LogP contribution in [0.3, 0.4) is 0 Å². The van der Waals surface area contributed by atoms with Crippen LogP contribution in [0.1, 0.15) is 42.3 Å². The zero-order valence-corrected chi connectivity index (χ0v) is 20.8. The van der Waals surface area contributed by atoms with Gasteiger partial charge < -0.3 is 15.0 Å². The molecule has 3 rings (SSSR count). The number of hydrogen-bond acceptors (Lipinski definition) is 4. The number of carbonyl (C=O) groups is 2. The van der Waals surface area contributed by atoms with Crippen LogP contribution < -0.4 is 5.32 Å². The fraction of sp³-hybridized carbons (Fsp3) is 0.417. The SMILES string of the molecule is CC(C)(C)OC(=O)N1CCN(Cc2ccc(C(=O)Nc3cccc(Br)c3)cc2C(F)(F)F)CC1. The topological polar surface area (TPSA) is 61.9 Å². The van der Waals surface area contributed by atoms with Gasteiger partial charge in [0.05, 0.1) is 5.56 Å². The molecule has 0 saturated carbocycles. The number of alkyl halides is 3. The Bertz CT molecular complexity index is 1050. The van der Waals surface area contributed by atoms with Crippen LogP contribution in [0.4, 0.5) is 23.7 Å². The Morgan fingerprint density at radius 2 is 1.71 bits per heavy atom. The number of nitrogens with zero attached hydrogens (tertiary/aromatic N) is 2. The Morgan fingerprint density at radius 1 is 1.03 bits per heavy atom. The van der Waals surface area contributed by atoms with Gasteiger partial charge in [-0.2, -0.15) is 13.2 Å². The lowest BCUT2D eigenvalue weighted by molar-refractivity contribution is -0.138. The molecule has 1 heterocycles. The summed E-state index contributed by atoms with van der Waals surface area (Å²) in [7, 11) is 0. The molecule has 1 N–H and O–H groups in total. The van der Waals surface area contributed by atoms with E-state index in [1.54, 1.807) is 49.9 Å². The van der Waals surface area contributed by atoms with E-state index in [0.717, 1.165) is 10.5 Å². The van der Waals surface area contributed by atoms with Crippen LogP contribution in [0.2, 0.25) is 0 Å². The van der Waals surface area contributed by atoms with Crippen molar-refractivity contribution >= 4 is 33.6 Å². The molecular formula is C24H27BrF3N3O3. The molecule has 2 amide bonds. The van der Waals surface area contributed by atoms with Gasteiger partial charge in [0.25, 0.3) is 5.91 Å². The zero-order chi connectivity index (χ0) is 25.1. The fourth-order valence-corrected chi connectivity index (χ4v) is 3.94. The molecule has 0 aliphatic carbocycles. The summed E-state index contributed by atoms with van der Waals surface area (Å²) in [5, 5.41) is 2.61. The lowest BCUT2D eigenvalue weighted by atomic mass is 10.0. The molecule has 0 aromatic heterocycles. The summed E-state index contributed by atoms with van der Waals surface area (Å²) in [6.45, 7) is 6.97. The molecule has 34 heavy (non-hydrogen) atoms. The van der Waals surface area contributed by atoms with Crippen molar-refractivity contribution in [3.63, 3.8) is 0 Å². The molecule has 184 valence electrons. The maximum Gasteiger partial charge on any atom is 0.416 e. The van der Waals surface area contributed by atoms with Gasteiger partial charge in [0.2, 0.25) is 0 Å². The highest BCUT2D eigenvalue weighted by Gasteiger charge is 2.35. The molecule has 10 heteroatoms. The van der Waals surface area contributed by atoms with Gasteiger partial charge in [-0.1, -0.05) is 28.1 Å². The third kappa shape index (κ3) is 7.20. The number of amides is 2. The number of halogens is 4. The number of benzene rings is 2. The third-order valence-corrected chi connectivity index (χ3v) is 5.67. The number of ether oxygens (including phenoxy) is 1. The molecule has 1 aliphatic heterocycles. The molecule has 2 aromatic rings. The molecule has 0 spiro atoms. The van der Waals surface area contributed by atoms with E-state index < -0.39 is 29.3 Å². The molecular weight excluding hydrogens is 515 g/mol. The van der Waals surface area contributed by atoms with Crippen LogP contribution in [-0.4, -0.2) is 53.6 Å². The van der Waals surface area contributed by atoms with E-state index in [9.17, 15) is 22.8 Å². The predicted molar refractivity (Wildman–Crippen MR) is 127 cm³/mol. The Labute approximate surface area is 205 Å².